The monoisotopic (exact) mass is 740 g/mol. The van der Waals surface area contributed by atoms with Crippen molar-refractivity contribution in [2.24, 2.45) is 5.16 Å². The van der Waals surface area contributed by atoms with E-state index in [1.807, 2.05) is 0 Å². The number of hydrogen-bond acceptors (Lipinski definition) is 13. The number of β-lactam (4-membered cyclic amide) rings is 1. The lowest BCUT2D eigenvalue weighted by Gasteiger charge is -2.49. The Bertz CT molecular complexity index is 1680. The molecule has 3 amide bonds. The van der Waals surface area contributed by atoms with E-state index in [9.17, 15) is 42.3 Å². The van der Waals surface area contributed by atoms with Crippen LogP contribution in [0.2, 0.25) is 4.34 Å². The molecule has 4 N–H and O–H groups in total. The highest BCUT2D eigenvalue weighted by Crippen LogP contribution is 2.42. The fraction of sp³-hybridized carbons (Fsp3) is 0.333. The summed E-state index contributed by atoms with van der Waals surface area (Å²) >= 11 is 10.1. The maximum Gasteiger partial charge on any atom is 0.471 e. The van der Waals surface area contributed by atoms with Crippen LogP contribution >= 0.6 is 57.8 Å². The van der Waals surface area contributed by atoms with Gasteiger partial charge >= 0.3 is 24.0 Å². The first-order valence-corrected chi connectivity index (χ1v) is 16.5. The number of halogens is 4. The number of carboxylic acids is 2. The van der Waals surface area contributed by atoms with Crippen molar-refractivity contribution in [1.82, 2.24) is 20.2 Å². The molecule has 0 bridgehead atoms. The standard InChI is InChI=1S/C24H20ClF3N6O8S4/c1-3-4-42-33-13(12-16(25)46-22(31-12)32-21(41)24(26,27)28)17(37)30-14-18(38)34-15(20(39)40)9(6-43-19(14)34)7-44-23-29-8(2)10(45-23)5-11(35)36/h3,14,19H,1,4-7H2,2H3,(H,30,37)(H,35,36)(H,39,40)(H,31,32,41)/t14?,19-/m1/s1. The number of carbonyl (C=O) groups excluding carboxylic acids is 3. The SMILES string of the molecule is C=CCON=C(C(=O)NC1C(=O)N2C(C(=O)O)=C(CSc3nc(C)c(CC(=O)O)s3)CS[C@H]12)c1nc(NC(=O)C(F)(F)F)sc1Cl. The van der Waals surface area contributed by atoms with Gasteiger partial charge in [0, 0.05) is 16.4 Å². The topological polar surface area (TPSA) is 200 Å². The second-order valence-corrected chi connectivity index (χ2v) is 14.1. The van der Waals surface area contributed by atoms with Crippen LogP contribution in [0.1, 0.15) is 16.3 Å². The van der Waals surface area contributed by atoms with Crippen molar-refractivity contribution in [3.63, 3.8) is 0 Å². The van der Waals surface area contributed by atoms with Gasteiger partial charge < -0.3 is 20.4 Å². The van der Waals surface area contributed by atoms with Crippen molar-refractivity contribution in [1.29, 1.82) is 0 Å². The van der Waals surface area contributed by atoms with Crippen molar-refractivity contribution in [3.8, 4) is 0 Å². The summed E-state index contributed by atoms with van der Waals surface area (Å²) in [5.41, 5.74) is -0.375. The van der Waals surface area contributed by atoms with Crippen LogP contribution in [0.4, 0.5) is 18.3 Å². The van der Waals surface area contributed by atoms with Gasteiger partial charge in [-0.2, -0.15) is 13.2 Å². The van der Waals surface area contributed by atoms with E-state index in [0.717, 1.165) is 4.90 Å². The molecule has 1 unspecified atom stereocenters. The predicted molar refractivity (Wildman–Crippen MR) is 163 cm³/mol. The van der Waals surface area contributed by atoms with E-state index in [4.69, 9.17) is 21.5 Å². The molecule has 4 rings (SSSR count). The molecule has 4 heterocycles. The van der Waals surface area contributed by atoms with Crippen molar-refractivity contribution in [3.05, 3.63) is 44.5 Å². The molecule has 2 atom stereocenters. The minimum absolute atomic E-state index is 0.147. The minimum Gasteiger partial charge on any atom is -0.481 e. The number of anilines is 1. The fourth-order valence-electron chi connectivity index (χ4n) is 3.93. The van der Waals surface area contributed by atoms with Gasteiger partial charge in [0.1, 0.15) is 33.7 Å². The van der Waals surface area contributed by atoms with Gasteiger partial charge in [-0.25, -0.2) is 14.8 Å². The number of hydrogen-bond donors (Lipinski definition) is 4. The van der Waals surface area contributed by atoms with Crippen LogP contribution in [-0.2, 0) is 35.2 Å². The predicted octanol–water partition coefficient (Wildman–Crippen LogP) is 3.13. The van der Waals surface area contributed by atoms with Crippen molar-refractivity contribution in [2.45, 2.75) is 35.3 Å². The Kier molecular flexibility index (Phi) is 11.0. The molecule has 0 aromatic carbocycles. The first-order valence-electron chi connectivity index (χ1n) is 12.5. The van der Waals surface area contributed by atoms with Gasteiger partial charge in [0.15, 0.2) is 15.2 Å². The number of aromatic nitrogens is 2. The molecule has 246 valence electrons. The lowest BCUT2D eigenvalue weighted by atomic mass is 10.0. The lowest BCUT2D eigenvalue weighted by molar-refractivity contribution is -0.167. The Morgan fingerprint density at radius 1 is 1.26 bits per heavy atom. The second kappa shape index (κ2) is 14.4. The number of rotatable bonds is 13. The largest absolute Gasteiger partial charge is 0.481 e. The fourth-order valence-corrected chi connectivity index (χ4v) is 8.68. The Balaban J connectivity index is 1.50. The number of aliphatic carboxylic acids is 2. The number of thioether (sulfide) groups is 2. The van der Waals surface area contributed by atoms with Crippen LogP contribution in [-0.4, -0.2) is 96.2 Å². The zero-order valence-electron chi connectivity index (χ0n) is 23.0. The smallest absolute Gasteiger partial charge is 0.471 e. The van der Waals surface area contributed by atoms with Crippen LogP contribution in [0.5, 0.6) is 0 Å². The molecule has 1 saturated heterocycles. The molecule has 14 nitrogen and oxygen atoms in total. The zero-order chi connectivity index (χ0) is 33.9. The average molecular weight is 741 g/mol. The highest BCUT2D eigenvalue weighted by Gasteiger charge is 2.54. The Morgan fingerprint density at radius 3 is 2.61 bits per heavy atom. The molecular formula is C24H20ClF3N6O8S4. The van der Waals surface area contributed by atoms with E-state index in [2.05, 4.69) is 27.0 Å². The molecule has 0 radical (unpaired) electrons. The van der Waals surface area contributed by atoms with Crippen molar-refractivity contribution in [2.75, 3.05) is 23.4 Å². The number of alkyl halides is 3. The maximum absolute atomic E-state index is 13.3. The number of amides is 3. The van der Waals surface area contributed by atoms with Crippen molar-refractivity contribution >= 4 is 98.3 Å². The molecule has 0 spiro atoms. The first kappa shape index (κ1) is 35.2. The van der Waals surface area contributed by atoms with E-state index in [1.54, 1.807) is 6.92 Å². The second-order valence-electron chi connectivity index (χ2n) is 9.08. The van der Waals surface area contributed by atoms with Crippen LogP contribution < -0.4 is 10.6 Å². The number of aryl methyl sites for hydroxylation is 1. The summed E-state index contributed by atoms with van der Waals surface area (Å²) in [6.45, 7) is 4.91. The molecule has 2 aliphatic heterocycles. The van der Waals surface area contributed by atoms with E-state index in [1.165, 1.54) is 46.3 Å². The van der Waals surface area contributed by atoms with Crippen LogP contribution in [0.3, 0.4) is 0 Å². The third-order valence-electron chi connectivity index (χ3n) is 5.94. The first-order chi connectivity index (χ1) is 21.6. The van der Waals surface area contributed by atoms with Crippen molar-refractivity contribution < 1.29 is 52.2 Å². The van der Waals surface area contributed by atoms with Crippen LogP contribution in [0, 0.1) is 6.92 Å². The summed E-state index contributed by atoms with van der Waals surface area (Å²) in [6.07, 6.45) is -4.14. The number of oxime groups is 1. The van der Waals surface area contributed by atoms with Crippen LogP contribution in [0.25, 0.3) is 0 Å². The van der Waals surface area contributed by atoms with E-state index in [-0.39, 0.29) is 34.6 Å². The number of nitrogens with one attached hydrogen (secondary N) is 2. The molecule has 2 aromatic rings. The Labute approximate surface area is 278 Å². The summed E-state index contributed by atoms with van der Waals surface area (Å²) in [5, 5.41) is 25.2. The van der Waals surface area contributed by atoms with E-state index >= 15 is 0 Å². The Morgan fingerprint density at radius 2 is 1.98 bits per heavy atom. The summed E-state index contributed by atoms with van der Waals surface area (Å²) in [4.78, 5) is 75.7. The molecule has 2 aromatic heterocycles. The average Bonchev–Trinajstić information content (AvgIpc) is 3.51. The normalized spacial score (nSPS) is 18.1. The third-order valence-corrected chi connectivity index (χ3v) is 10.8. The summed E-state index contributed by atoms with van der Waals surface area (Å²) in [7, 11) is 0. The molecule has 1 fully saturated rings. The molecule has 0 saturated carbocycles. The number of carbonyl (C=O) groups is 5. The minimum atomic E-state index is -5.22. The molecule has 2 aliphatic rings. The zero-order valence-corrected chi connectivity index (χ0v) is 27.1. The van der Waals surface area contributed by atoms with E-state index in [0.29, 0.717) is 31.8 Å². The summed E-state index contributed by atoms with van der Waals surface area (Å²) in [6, 6.07) is -1.23. The molecule has 0 aliphatic carbocycles. The van der Waals surface area contributed by atoms with Gasteiger partial charge in [-0.15, -0.1) is 23.1 Å². The van der Waals surface area contributed by atoms with Crippen LogP contribution in [0.15, 0.2) is 33.4 Å². The number of nitrogens with zero attached hydrogens (tertiary/aromatic N) is 4. The lowest BCUT2D eigenvalue weighted by Crippen LogP contribution is -2.71. The van der Waals surface area contributed by atoms with Gasteiger partial charge in [0.05, 0.1) is 12.1 Å². The highest BCUT2D eigenvalue weighted by molar-refractivity contribution is 8.01. The number of carboxylic acid groups (broad SMARTS) is 2. The van der Waals surface area contributed by atoms with Gasteiger partial charge in [-0.3, -0.25) is 29.4 Å². The highest BCUT2D eigenvalue weighted by atomic mass is 35.5. The van der Waals surface area contributed by atoms with Gasteiger partial charge in [-0.1, -0.05) is 52.5 Å². The molecule has 46 heavy (non-hydrogen) atoms. The summed E-state index contributed by atoms with van der Waals surface area (Å²) in [5.74, 6) is -6.21. The summed E-state index contributed by atoms with van der Waals surface area (Å²) < 4.78 is 38.3. The quantitative estimate of drug-likeness (QED) is 0.0585. The Hall–Kier alpha value is -3.66. The molecular weight excluding hydrogens is 721 g/mol. The molecule has 22 heteroatoms. The third kappa shape index (κ3) is 7.82. The van der Waals surface area contributed by atoms with E-state index < -0.39 is 63.8 Å². The number of thiazole rings is 2. The van der Waals surface area contributed by atoms with Gasteiger partial charge in [0.25, 0.3) is 11.8 Å². The number of fused-ring (bicyclic) bond motifs is 1. The van der Waals surface area contributed by atoms with Gasteiger partial charge in [0.2, 0.25) is 0 Å². The van der Waals surface area contributed by atoms with Gasteiger partial charge in [-0.05, 0) is 12.5 Å². The maximum atomic E-state index is 13.3.